The van der Waals surface area contributed by atoms with E-state index in [-0.39, 0.29) is 0 Å². The van der Waals surface area contributed by atoms with E-state index in [4.69, 9.17) is 0 Å². The van der Waals surface area contributed by atoms with Gasteiger partial charge in [-0.25, -0.2) is 0 Å². The molecule has 0 saturated carbocycles. The van der Waals surface area contributed by atoms with E-state index in [1.165, 1.54) is 42.4 Å². The minimum atomic E-state index is 1.18. The monoisotopic (exact) mass is 198 g/mol. The van der Waals surface area contributed by atoms with Crippen molar-refractivity contribution in [3.63, 3.8) is 0 Å². The Labute approximate surface area is 92.3 Å². The number of hydrogen-bond acceptors (Lipinski definition) is 0. The second-order valence-electron chi connectivity index (χ2n) is 4.05. The summed E-state index contributed by atoms with van der Waals surface area (Å²) in [5.41, 5.74) is 4.32. The summed E-state index contributed by atoms with van der Waals surface area (Å²) >= 11 is 0. The first kappa shape index (κ1) is 10.2. The SMILES string of the molecule is CCCc1ccccc1C1=CCCC=C1. The summed E-state index contributed by atoms with van der Waals surface area (Å²) in [4.78, 5) is 0. The molecule has 0 fully saturated rings. The summed E-state index contributed by atoms with van der Waals surface area (Å²) in [6.45, 7) is 2.24. The van der Waals surface area contributed by atoms with Crippen molar-refractivity contribution in [2.24, 2.45) is 0 Å². The maximum absolute atomic E-state index is 2.36. The number of aryl methyl sites for hydroxylation is 1. The van der Waals surface area contributed by atoms with Crippen LogP contribution in [-0.2, 0) is 6.42 Å². The number of benzene rings is 1. The van der Waals surface area contributed by atoms with Gasteiger partial charge in [0.2, 0.25) is 0 Å². The highest BCUT2D eigenvalue weighted by atomic mass is 14.1. The first-order valence-electron chi connectivity index (χ1n) is 5.87. The molecule has 0 atom stereocenters. The predicted octanol–water partition coefficient (Wildman–Crippen LogP) is 4.37. The molecule has 0 saturated heterocycles. The van der Waals surface area contributed by atoms with Gasteiger partial charge in [0, 0.05) is 0 Å². The molecule has 0 spiro atoms. The maximum Gasteiger partial charge on any atom is -0.0155 e. The van der Waals surface area contributed by atoms with Gasteiger partial charge in [0.05, 0.1) is 0 Å². The van der Waals surface area contributed by atoms with Crippen molar-refractivity contribution in [2.75, 3.05) is 0 Å². The molecule has 0 heteroatoms. The summed E-state index contributed by atoms with van der Waals surface area (Å²) in [6, 6.07) is 8.77. The van der Waals surface area contributed by atoms with Crippen LogP contribution in [0.5, 0.6) is 0 Å². The first-order chi connectivity index (χ1) is 7.42. The van der Waals surface area contributed by atoms with E-state index in [1.807, 2.05) is 0 Å². The Morgan fingerprint density at radius 1 is 1.13 bits per heavy atom. The quantitative estimate of drug-likeness (QED) is 0.676. The number of hydrogen-bond donors (Lipinski definition) is 0. The van der Waals surface area contributed by atoms with Gasteiger partial charge < -0.3 is 0 Å². The Morgan fingerprint density at radius 3 is 2.73 bits per heavy atom. The van der Waals surface area contributed by atoms with Crippen molar-refractivity contribution in [3.8, 4) is 0 Å². The van der Waals surface area contributed by atoms with E-state index in [0.29, 0.717) is 0 Å². The Morgan fingerprint density at radius 2 is 2.00 bits per heavy atom. The molecule has 1 aliphatic rings. The summed E-state index contributed by atoms with van der Waals surface area (Å²) in [5.74, 6) is 0. The van der Waals surface area contributed by atoms with Gasteiger partial charge in [-0.3, -0.25) is 0 Å². The fourth-order valence-electron chi connectivity index (χ4n) is 2.10. The van der Waals surface area contributed by atoms with Gasteiger partial charge in [-0.1, -0.05) is 55.8 Å². The third-order valence-electron chi connectivity index (χ3n) is 2.84. The predicted molar refractivity (Wildman–Crippen MR) is 66.8 cm³/mol. The van der Waals surface area contributed by atoms with Crippen molar-refractivity contribution < 1.29 is 0 Å². The van der Waals surface area contributed by atoms with Gasteiger partial charge in [-0.15, -0.1) is 0 Å². The molecule has 78 valence electrons. The normalized spacial score (nSPS) is 15.1. The third kappa shape index (κ3) is 2.38. The molecule has 1 aromatic carbocycles. The molecule has 1 aliphatic carbocycles. The van der Waals surface area contributed by atoms with Crippen LogP contribution >= 0.6 is 0 Å². The first-order valence-corrected chi connectivity index (χ1v) is 5.87. The smallest absolute Gasteiger partial charge is 0.0155 e. The van der Waals surface area contributed by atoms with Gasteiger partial charge >= 0.3 is 0 Å². The average molecular weight is 198 g/mol. The van der Waals surface area contributed by atoms with E-state index in [2.05, 4.69) is 49.4 Å². The lowest BCUT2D eigenvalue weighted by molar-refractivity contribution is 0.918. The minimum Gasteiger partial charge on any atom is -0.0836 e. The molecule has 0 bridgehead atoms. The number of allylic oxidation sites excluding steroid dienone is 4. The van der Waals surface area contributed by atoms with Crippen LogP contribution in [0.4, 0.5) is 0 Å². The Kier molecular flexibility index (Phi) is 3.39. The second kappa shape index (κ2) is 4.97. The van der Waals surface area contributed by atoms with Gasteiger partial charge in [0.25, 0.3) is 0 Å². The molecule has 0 unspecified atom stereocenters. The van der Waals surface area contributed by atoms with Gasteiger partial charge in [-0.2, -0.15) is 0 Å². The Hall–Kier alpha value is -1.30. The molecule has 0 aliphatic heterocycles. The van der Waals surface area contributed by atoms with Crippen molar-refractivity contribution in [1.29, 1.82) is 0 Å². The largest absolute Gasteiger partial charge is 0.0836 e. The Bertz CT molecular complexity index is 383. The molecule has 0 nitrogen and oxygen atoms in total. The summed E-state index contributed by atoms with van der Waals surface area (Å²) < 4.78 is 0. The van der Waals surface area contributed by atoms with Crippen molar-refractivity contribution in [2.45, 2.75) is 32.6 Å². The van der Waals surface area contributed by atoms with Crippen LogP contribution in [0.3, 0.4) is 0 Å². The molecule has 0 radical (unpaired) electrons. The van der Waals surface area contributed by atoms with Gasteiger partial charge in [-0.05, 0) is 36.0 Å². The van der Waals surface area contributed by atoms with Crippen LogP contribution in [0.1, 0.15) is 37.3 Å². The molecular weight excluding hydrogens is 180 g/mol. The zero-order valence-electron chi connectivity index (χ0n) is 9.37. The maximum atomic E-state index is 2.36. The van der Waals surface area contributed by atoms with Crippen LogP contribution in [0.2, 0.25) is 0 Å². The molecule has 0 aromatic heterocycles. The lowest BCUT2D eigenvalue weighted by Gasteiger charge is -2.12. The molecular formula is C15H18. The molecule has 1 aromatic rings. The van der Waals surface area contributed by atoms with Crippen molar-refractivity contribution in [1.82, 2.24) is 0 Å². The van der Waals surface area contributed by atoms with E-state index >= 15 is 0 Å². The lowest BCUT2D eigenvalue weighted by atomic mass is 9.93. The topological polar surface area (TPSA) is 0 Å². The highest BCUT2D eigenvalue weighted by Crippen LogP contribution is 2.25. The number of rotatable bonds is 3. The minimum absolute atomic E-state index is 1.18. The molecule has 0 amide bonds. The summed E-state index contributed by atoms with van der Waals surface area (Å²) in [7, 11) is 0. The second-order valence-corrected chi connectivity index (χ2v) is 4.05. The van der Waals surface area contributed by atoms with E-state index in [0.717, 1.165) is 0 Å². The van der Waals surface area contributed by atoms with Crippen molar-refractivity contribution >= 4 is 5.57 Å². The molecule has 2 rings (SSSR count). The fraction of sp³-hybridized carbons (Fsp3) is 0.333. The standard InChI is InChI=1S/C15H18/c1-2-8-13-11-6-7-12-15(13)14-9-4-3-5-10-14/h4,6-7,9-12H,2-3,5,8H2,1H3. The zero-order chi connectivity index (χ0) is 10.5. The molecule has 0 N–H and O–H groups in total. The van der Waals surface area contributed by atoms with E-state index < -0.39 is 0 Å². The highest BCUT2D eigenvalue weighted by Gasteiger charge is 2.05. The van der Waals surface area contributed by atoms with Crippen LogP contribution in [0.15, 0.2) is 42.5 Å². The highest BCUT2D eigenvalue weighted by molar-refractivity contribution is 5.76. The zero-order valence-corrected chi connectivity index (χ0v) is 9.37. The van der Waals surface area contributed by atoms with Crippen LogP contribution in [0, 0.1) is 0 Å². The third-order valence-corrected chi connectivity index (χ3v) is 2.84. The summed E-state index contributed by atoms with van der Waals surface area (Å²) in [5, 5.41) is 0. The fourth-order valence-corrected chi connectivity index (χ4v) is 2.10. The van der Waals surface area contributed by atoms with Gasteiger partial charge in [0.15, 0.2) is 0 Å². The molecule has 15 heavy (non-hydrogen) atoms. The summed E-state index contributed by atoms with van der Waals surface area (Å²) in [6.07, 6.45) is 11.7. The molecule has 0 heterocycles. The van der Waals surface area contributed by atoms with Crippen LogP contribution in [0.25, 0.3) is 5.57 Å². The van der Waals surface area contributed by atoms with Crippen LogP contribution in [-0.4, -0.2) is 0 Å². The van der Waals surface area contributed by atoms with Crippen LogP contribution < -0.4 is 0 Å². The van der Waals surface area contributed by atoms with Gasteiger partial charge in [0.1, 0.15) is 0 Å². The van der Waals surface area contributed by atoms with E-state index in [9.17, 15) is 0 Å². The Balaban J connectivity index is 2.34. The lowest BCUT2D eigenvalue weighted by Crippen LogP contribution is -1.93. The van der Waals surface area contributed by atoms with E-state index in [1.54, 1.807) is 0 Å². The van der Waals surface area contributed by atoms with Crippen molar-refractivity contribution in [3.05, 3.63) is 53.6 Å². The average Bonchev–Trinajstić information content (AvgIpc) is 2.31.